The highest BCUT2D eigenvalue weighted by Crippen LogP contribution is 2.25. The van der Waals surface area contributed by atoms with E-state index in [-0.39, 0.29) is 11.8 Å². The number of aryl methyl sites for hydroxylation is 3. The van der Waals surface area contributed by atoms with Gasteiger partial charge in [0.15, 0.2) is 0 Å². The van der Waals surface area contributed by atoms with Crippen molar-refractivity contribution in [3.8, 4) is 0 Å². The lowest BCUT2D eigenvalue weighted by molar-refractivity contribution is 0.0729. The van der Waals surface area contributed by atoms with Gasteiger partial charge in [0, 0.05) is 41.8 Å². The Morgan fingerprint density at radius 3 is 2.76 bits per heavy atom. The maximum Gasteiger partial charge on any atom is 0.273 e. The normalized spacial score (nSPS) is 13.3. The minimum Gasteiger partial charge on any atom is -0.347 e. The molecule has 0 saturated heterocycles. The van der Waals surface area contributed by atoms with Crippen LogP contribution in [0.25, 0.3) is 0 Å². The second kappa shape index (κ2) is 8.04. The lowest BCUT2D eigenvalue weighted by Crippen LogP contribution is -2.37. The molecule has 3 aromatic heterocycles. The first-order valence-corrected chi connectivity index (χ1v) is 11.1. The number of rotatable bonds is 4. The molecule has 0 aliphatic carbocycles. The number of hydrogen-bond acceptors (Lipinski definition) is 6. The third kappa shape index (κ3) is 4.09. The molecule has 0 aromatic carbocycles. The summed E-state index contributed by atoms with van der Waals surface area (Å²) in [5, 5.41) is 5.73. The quantitative estimate of drug-likeness (QED) is 0.691. The van der Waals surface area contributed by atoms with Crippen LogP contribution in [0.1, 0.15) is 52.4 Å². The van der Waals surface area contributed by atoms with Crippen molar-refractivity contribution in [3.63, 3.8) is 0 Å². The number of thiophene rings is 1. The number of pyridine rings is 1. The SMILES string of the molecule is Cc1ccc(C(=O)NCc2c(C)ncc3c2CCN(C(=O)c2csc(C)n2)C3)s1. The van der Waals surface area contributed by atoms with Crippen LogP contribution in [-0.2, 0) is 19.5 Å². The Morgan fingerprint density at radius 2 is 2.07 bits per heavy atom. The first-order chi connectivity index (χ1) is 13.9. The Kier molecular flexibility index (Phi) is 5.47. The summed E-state index contributed by atoms with van der Waals surface area (Å²) in [6.45, 7) is 7.45. The van der Waals surface area contributed by atoms with Crippen LogP contribution >= 0.6 is 22.7 Å². The number of thiazole rings is 1. The second-order valence-corrected chi connectivity index (χ2v) is 9.50. The summed E-state index contributed by atoms with van der Waals surface area (Å²) < 4.78 is 0. The Bertz CT molecular complexity index is 1090. The summed E-state index contributed by atoms with van der Waals surface area (Å²) >= 11 is 2.98. The monoisotopic (exact) mass is 426 g/mol. The molecule has 150 valence electrons. The highest BCUT2D eigenvalue weighted by Gasteiger charge is 2.26. The average molecular weight is 427 g/mol. The van der Waals surface area contributed by atoms with Crippen LogP contribution < -0.4 is 5.32 Å². The largest absolute Gasteiger partial charge is 0.347 e. The second-order valence-electron chi connectivity index (χ2n) is 7.15. The zero-order chi connectivity index (χ0) is 20.5. The number of hydrogen-bond donors (Lipinski definition) is 1. The van der Waals surface area contributed by atoms with Crippen LogP contribution in [0, 0.1) is 20.8 Å². The molecule has 2 amide bonds. The number of aromatic nitrogens is 2. The smallest absolute Gasteiger partial charge is 0.273 e. The number of nitrogens with one attached hydrogen (secondary N) is 1. The maximum atomic E-state index is 12.7. The number of amides is 2. The minimum atomic E-state index is -0.0633. The molecule has 0 radical (unpaired) electrons. The predicted molar refractivity (Wildman–Crippen MR) is 114 cm³/mol. The summed E-state index contributed by atoms with van der Waals surface area (Å²) in [5.74, 6) is -0.102. The third-order valence-electron chi connectivity index (χ3n) is 5.11. The van der Waals surface area contributed by atoms with Crippen molar-refractivity contribution in [2.75, 3.05) is 6.54 Å². The molecule has 8 heteroatoms. The molecular formula is C21H22N4O2S2. The lowest BCUT2D eigenvalue weighted by Gasteiger charge is -2.30. The fraction of sp³-hybridized carbons (Fsp3) is 0.333. The molecular weight excluding hydrogens is 404 g/mol. The van der Waals surface area contributed by atoms with E-state index in [1.165, 1.54) is 28.2 Å². The fourth-order valence-electron chi connectivity index (χ4n) is 3.57. The van der Waals surface area contributed by atoms with E-state index in [4.69, 9.17) is 0 Å². The standard InChI is InChI=1S/C21H22N4O2S2/c1-12-4-5-19(29-12)20(26)23-9-17-13(2)22-8-15-10-25(7-6-16(15)17)21(27)18-11-28-14(3)24-18/h4-5,8,11H,6-7,9-10H2,1-3H3,(H,23,26). The van der Waals surface area contributed by atoms with Gasteiger partial charge in [0.25, 0.3) is 11.8 Å². The van der Waals surface area contributed by atoms with E-state index < -0.39 is 0 Å². The molecule has 4 heterocycles. The van der Waals surface area contributed by atoms with Gasteiger partial charge in [-0.15, -0.1) is 22.7 Å². The van der Waals surface area contributed by atoms with Crippen LogP contribution in [0.2, 0.25) is 0 Å². The van der Waals surface area contributed by atoms with Crippen LogP contribution in [0.5, 0.6) is 0 Å². The number of fused-ring (bicyclic) bond motifs is 1. The van der Waals surface area contributed by atoms with Crippen molar-refractivity contribution in [2.24, 2.45) is 0 Å². The Labute approximate surface area is 177 Å². The summed E-state index contributed by atoms with van der Waals surface area (Å²) in [7, 11) is 0. The van der Waals surface area contributed by atoms with E-state index in [1.807, 2.05) is 49.4 Å². The molecule has 0 atom stereocenters. The molecule has 0 unspecified atom stereocenters. The molecule has 6 nitrogen and oxygen atoms in total. The number of nitrogens with zero attached hydrogens (tertiary/aromatic N) is 3. The summed E-state index contributed by atoms with van der Waals surface area (Å²) in [4.78, 5) is 37.7. The van der Waals surface area contributed by atoms with Gasteiger partial charge in [-0.2, -0.15) is 0 Å². The van der Waals surface area contributed by atoms with Crippen LogP contribution in [0.4, 0.5) is 0 Å². The van der Waals surface area contributed by atoms with Gasteiger partial charge in [-0.25, -0.2) is 4.98 Å². The van der Waals surface area contributed by atoms with Crippen LogP contribution in [0.15, 0.2) is 23.7 Å². The zero-order valence-corrected chi connectivity index (χ0v) is 18.2. The highest BCUT2D eigenvalue weighted by molar-refractivity contribution is 7.13. The molecule has 0 saturated carbocycles. The molecule has 3 aromatic rings. The van der Waals surface area contributed by atoms with Gasteiger partial charge in [0.05, 0.1) is 9.88 Å². The summed E-state index contributed by atoms with van der Waals surface area (Å²) in [6, 6.07) is 3.80. The van der Waals surface area contributed by atoms with E-state index in [2.05, 4.69) is 15.3 Å². The first kappa shape index (κ1) is 19.7. The van der Waals surface area contributed by atoms with Crippen LogP contribution in [0.3, 0.4) is 0 Å². The van der Waals surface area contributed by atoms with Gasteiger partial charge >= 0.3 is 0 Å². The van der Waals surface area contributed by atoms with Gasteiger partial charge < -0.3 is 10.2 Å². The van der Waals surface area contributed by atoms with Crippen molar-refractivity contribution >= 4 is 34.5 Å². The van der Waals surface area contributed by atoms with Crippen molar-refractivity contribution in [1.82, 2.24) is 20.2 Å². The molecule has 1 aliphatic rings. The predicted octanol–water partition coefficient (Wildman–Crippen LogP) is 3.65. The summed E-state index contributed by atoms with van der Waals surface area (Å²) in [5.41, 5.74) is 4.72. The molecule has 4 rings (SSSR count). The molecule has 0 bridgehead atoms. The van der Waals surface area contributed by atoms with Crippen molar-refractivity contribution in [3.05, 3.63) is 66.5 Å². The van der Waals surface area contributed by atoms with Gasteiger partial charge in [0.2, 0.25) is 0 Å². The molecule has 29 heavy (non-hydrogen) atoms. The highest BCUT2D eigenvalue weighted by atomic mass is 32.1. The minimum absolute atomic E-state index is 0.0384. The van der Waals surface area contributed by atoms with E-state index in [0.29, 0.717) is 30.2 Å². The van der Waals surface area contributed by atoms with Gasteiger partial charge in [-0.3, -0.25) is 14.6 Å². The van der Waals surface area contributed by atoms with Crippen LogP contribution in [-0.4, -0.2) is 33.2 Å². The fourth-order valence-corrected chi connectivity index (χ4v) is 4.94. The molecule has 0 fully saturated rings. The number of carbonyl (C=O) groups is 2. The van der Waals surface area contributed by atoms with Crippen molar-refractivity contribution < 1.29 is 9.59 Å². The average Bonchev–Trinajstić information content (AvgIpc) is 3.34. The van der Waals surface area contributed by atoms with E-state index in [1.54, 1.807) is 0 Å². The van der Waals surface area contributed by atoms with E-state index >= 15 is 0 Å². The lowest BCUT2D eigenvalue weighted by atomic mass is 9.94. The van der Waals surface area contributed by atoms with Gasteiger partial charge in [0.1, 0.15) is 5.69 Å². The first-order valence-electron chi connectivity index (χ1n) is 9.44. The molecule has 1 N–H and O–H groups in total. The maximum absolute atomic E-state index is 12.7. The molecule has 1 aliphatic heterocycles. The van der Waals surface area contributed by atoms with Crippen molar-refractivity contribution in [2.45, 2.75) is 40.3 Å². The topological polar surface area (TPSA) is 75.2 Å². The summed E-state index contributed by atoms with van der Waals surface area (Å²) in [6.07, 6.45) is 2.60. The third-order valence-corrected chi connectivity index (χ3v) is 6.88. The Balaban J connectivity index is 1.50. The van der Waals surface area contributed by atoms with Gasteiger partial charge in [-0.05, 0) is 56.0 Å². The zero-order valence-electron chi connectivity index (χ0n) is 16.6. The van der Waals surface area contributed by atoms with Crippen molar-refractivity contribution in [1.29, 1.82) is 0 Å². The molecule has 0 spiro atoms. The van der Waals surface area contributed by atoms with E-state index in [0.717, 1.165) is 33.1 Å². The Hall–Kier alpha value is -2.58. The van der Waals surface area contributed by atoms with Gasteiger partial charge in [-0.1, -0.05) is 0 Å². The van der Waals surface area contributed by atoms with E-state index in [9.17, 15) is 9.59 Å². The number of carbonyl (C=O) groups excluding carboxylic acids is 2. The Morgan fingerprint density at radius 1 is 1.24 bits per heavy atom.